The molecular weight excluding hydrogens is 697 g/mol. The van der Waals surface area contributed by atoms with Gasteiger partial charge in [-0.2, -0.15) is 0 Å². The molecule has 7 heteroatoms. The van der Waals surface area contributed by atoms with E-state index in [9.17, 15) is 4.79 Å². The number of carbonyl (C=O) groups excluding carboxylic acids is 1. The predicted molar refractivity (Wildman–Crippen MR) is 206 cm³/mol. The second kappa shape index (κ2) is 14.6. The molecular formula is C41H39BrNO3PS. The van der Waals surface area contributed by atoms with Crippen molar-refractivity contribution in [2.24, 2.45) is 0 Å². The quantitative estimate of drug-likeness (QED) is 0.0928. The van der Waals surface area contributed by atoms with Gasteiger partial charge >= 0.3 is 248 Å². The smallest absolute Gasteiger partial charge is 0.0554 e. The molecule has 244 valence electrons. The fourth-order valence-corrected chi connectivity index (χ4v) is 14.2. The van der Waals surface area contributed by atoms with Crippen LogP contribution in [0.2, 0.25) is 0 Å². The zero-order valence-corrected chi connectivity index (χ0v) is 30.7. The van der Waals surface area contributed by atoms with Gasteiger partial charge in [0.15, 0.2) is 0 Å². The van der Waals surface area contributed by atoms with Gasteiger partial charge in [-0.25, -0.2) is 0 Å². The molecule has 0 saturated heterocycles. The van der Waals surface area contributed by atoms with E-state index >= 15 is 0 Å². The minimum absolute atomic E-state index is 0.166. The molecule has 0 fully saturated rings. The third-order valence-corrected chi connectivity index (χ3v) is 19.1. The molecule has 0 aliphatic rings. The Morgan fingerprint density at radius 3 is 1.75 bits per heavy atom. The number of esters is 1. The minimum atomic E-state index is -3.45. The summed E-state index contributed by atoms with van der Waals surface area (Å²) in [6, 6.07) is 47.3. The molecule has 0 aliphatic heterocycles. The van der Waals surface area contributed by atoms with Crippen LogP contribution in [0.5, 0.6) is 5.75 Å². The van der Waals surface area contributed by atoms with Gasteiger partial charge in [-0.1, -0.05) is 29.8 Å². The molecule has 0 N–H and O–H groups in total. The van der Waals surface area contributed by atoms with E-state index in [0.29, 0.717) is 6.61 Å². The van der Waals surface area contributed by atoms with E-state index in [2.05, 4.69) is 96.9 Å². The molecule has 0 spiro atoms. The van der Waals surface area contributed by atoms with E-state index in [1.54, 1.807) is 11.3 Å². The van der Waals surface area contributed by atoms with Gasteiger partial charge in [0.25, 0.3) is 0 Å². The first kappa shape index (κ1) is 33.8. The van der Waals surface area contributed by atoms with E-state index in [1.165, 1.54) is 5.56 Å². The summed E-state index contributed by atoms with van der Waals surface area (Å²) in [5.74, 6) is 0.718. The number of thiazole rings is 1. The van der Waals surface area contributed by atoms with Crippen molar-refractivity contribution in [3.63, 3.8) is 0 Å². The van der Waals surface area contributed by atoms with Crippen molar-refractivity contribution < 1.29 is 14.3 Å². The van der Waals surface area contributed by atoms with Crippen molar-refractivity contribution >= 4 is 54.0 Å². The van der Waals surface area contributed by atoms with Crippen LogP contribution in [-0.2, 0) is 22.7 Å². The second-order valence-electron chi connectivity index (χ2n) is 12.3. The molecule has 0 aliphatic carbocycles. The SMILES string of the molecule is Cc1ccc(COc2ccc(-c3nc(C(C)C)c(COC(=O)CP(Br)(c4ccccc4)(c4ccccc4)c4ccccc4)s3)cc2)cc1. The number of nitrogens with zero attached hydrogens (tertiary/aromatic N) is 1. The molecule has 4 nitrogen and oxygen atoms in total. The van der Waals surface area contributed by atoms with Crippen molar-refractivity contribution in [2.45, 2.75) is 39.9 Å². The zero-order valence-electron chi connectivity index (χ0n) is 27.4. The maximum atomic E-state index is 14.1. The van der Waals surface area contributed by atoms with Crippen LogP contribution in [0.4, 0.5) is 0 Å². The van der Waals surface area contributed by atoms with Gasteiger partial charge in [-0.3, -0.25) is 0 Å². The van der Waals surface area contributed by atoms with E-state index in [0.717, 1.165) is 48.4 Å². The van der Waals surface area contributed by atoms with Crippen molar-refractivity contribution in [3.8, 4) is 16.3 Å². The summed E-state index contributed by atoms with van der Waals surface area (Å²) in [4.78, 5) is 20.0. The Morgan fingerprint density at radius 1 is 0.729 bits per heavy atom. The van der Waals surface area contributed by atoms with Gasteiger partial charge in [0.1, 0.15) is 6.61 Å². The van der Waals surface area contributed by atoms with Crippen LogP contribution >= 0.6 is 32.1 Å². The zero-order chi connectivity index (χ0) is 33.6. The molecule has 1 heterocycles. The number of halogens is 1. The summed E-state index contributed by atoms with van der Waals surface area (Å²) in [6.07, 6.45) is 0.177. The third-order valence-electron chi connectivity index (χ3n) is 8.58. The van der Waals surface area contributed by atoms with Crippen LogP contribution in [0.15, 0.2) is 140 Å². The largest absolute Gasteiger partial charge is 0.0589 e. The third kappa shape index (κ3) is 7.03. The number of rotatable bonds is 12. The fraction of sp³-hybridized carbons (Fsp3) is 0.171. The first-order valence-electron chi connectivity index (χ1n) is 16.1. The molecule has 0 bridgehead atoms. The van der Waals surface area contributed by atoms with Crippen molar-refractivity contribution in [3.05, 3.63) is 161 Å². The van der Waals surface area contributed by atoms with Crippen molar-refractivity contribution in [2.75, 3.05) is 6.16 Å². The van der Waals surface area contributed by atoms with Gasteiger partial charge in [0.05, 0.1) is 0 Å². The van der Waals surface area contributed by atoms with Crippen LogP contribution < -0.4 is 20.7 Å². The number of aromatic nitrogens is 1. The Bertz CT molecular complexity index is 1860. The number of ether oxygens (including phenoxy) is 2. The van der Waals surface area contributed by atoms with Crippen LogP contribution in [-0.4, -0.2) is 17.1 Å². The fourth-order valence-electron chi connectivity index (χ4n) is 5.96. The van der Waals surface area contributed by atoms with E-state index < -0.39 is 5.31 Å². The first-order chi connectivity index (χ1) is 23.2. The van der Waals surface area contributed by atoms with E-state index in [4.69, 9.17) is 14.5 Å². The van der Waals surface area contributed by atoms with Gasteiger partial charge in [-0.05, 0) is 12.5 Å². The van der Waals surface area contributed by atoms with Crippen LogP contribution in [0, 0.1) is 6.92 Å². The molecule has 0 radical (unpaired) electrons. The van der Waals surface area contributed by atoms with Gasteiger partial charge < -0.3 is 0 Å². The Labute approximate surface area is 295 Å². The summed E-state index contributed by atoms with van der Waals surface area (Å²) in [5.41, 5.74) is 4.32. The molecule has 0 atom stereocenters. The summed E-state index contributed by atoms with van der Waals surface area (Å²) in [7, 11) is 0. The molecule has 1 aromatic heterocycles. The molecule has 6 rings (SSSR count). The van der Waals surface area contributed by atoms with Gasteiger partial charge in [0, 0.05) is 0 Å². The topological polar surface area (TPSA) is 48.4 Å². The van der Waals surface area contributed by atoms with Crippen molar-refractivity contribution in [1.82, 2.24) is 4.98 Å². The summed E-state index contributed by atoms with van der Waals surface area (Å²) in [6.45, 7) is 7.01. The summed E-state index contributed by atoms with van der Waals surface area (Å²) < 4.78 is 12.2. The van der Waals surface area contributed by atoms with E-state index in [-0.39, 0.29) is 24.7 Å². The van der Waals surface area contributed by atoms with Gasteiger partial charge in [0.2, 0.25) is 0 Å². The standard InChI is InChI=1S/C41H39BrNO3PS/c1-30(2)40-38(48-41(43-40)33-23-25-34(26-24-33)45-27-32-21-19-31(3)20-22-32)28-46-39(44)29-47(42,35-13-7-4-8-14-35,36-15-9-5-10-16-36)37-17-11-6-12-18-37/h4-26,30H,27-29H2,1-3H3. The Hall–Kier alpha value is -4.09. The number of hydrogen-bond donors (Lipinski definition) is 0. The maximum absolute atomic E-state index is 14.1. The van der Waals surface area contributed by atoms with Crippen molar-refractivity contribution in [1.29, 1.82) is 0 Å². The monoisotopic (exact) mass is 735 g/mol. The number of aryl methyl sites for hydroxylation is 1. The second-order valence-corrected chi connectivity index (χ2v) is 22.3. The molecule has 6 aromatic rings. The molecule has 48 heavy (non-hydrogen) atoms. The minimum Gasteiger partial charge on any atom is -0.0589 e. The first-order valence-corrected chi connectivity index (χ1v) is 21.3. The average Bonchev–Trinajstić information content (AvgIpc) is 3.57. The molecule has 0 saturated carbocycles. The Morgan fingerprint density at radius 2 is 1.25 bits per heavy atom. The number of hydrogen-bond acceptors (Lipinski definition) is 5. The maximum Gasteiger partial charge on any atom is -0.0554 e. The number of benzene rings is 5. The van der Waals surface area contributed by atoms with Crippen LogP contribution in [0.1, 0.15) is 41.5 Å². The predicted octanol–water partition coefficient (Wildman–Crippen LogP) is 9.70. The van der Waals surface area contributed by atoms with E-state index in [1.807, 2.05) is 78.9 Å². The van der Waals surface area contributed by atoms with Crippen LogP contribution in [0.25, 0.3) is 10.6 Å². The summed E-state index contributed by atoms with van der Waals surface area (Å²) >= 11 is 5.94. The normalized spacial score (nSPS) is 12.3. The Kier molecular flexibility index (Phi) is 10.3. The van der Waals surface area contributed by atoms with Crippen LogP contribution in [0.3, 0.4) is 0 Å². The molecule has 0 unspecified atom stereocenters. The summed E-state index contributed by atoms with van der Waals surface area (Å²) in [5, 5.41) is 0.671. The van der Waals surface area contributed by atoms with Gasteiger partial charge in [-0.15, -0.1) is 0 Å². The number of carbonyl (C=O) groups is 1. The average molecular weight is 737 g/mol. The Balaban J connectivity index is 1.24. The molecule has 5 aromatic carbocycles. The molecule has 0 amide bonds.